The van der Waals surface area contributed by atoms with Crippen LogP contribution in [-0.2, 0) is 6.18 Å². The molecule has 0 bridgehead atoms. The summed E-state index contributed by atoms with van der Waals surface area (Å²) >= 11 is 5.76. The SMILES string of the molecule is O=C(c1ccc(C(F)(F)F)cc1)c1cccnc1Cl. The highest BCUT2D eigenvalue weighted by atomic mass is 35.5. The number of halogens is 4. The van der Waals surface area contributed by atoms with Crippen molar-refractivity contribution in [2.45, 2.75) is 6.18 Å². The van der Waals surface area contributed by atoms with Crippen molar-refractivity contribution in [3.05, 3.63) is 64.4 Å². The molecule has 1 aromatic heterocycles. The highest BCUT2D eigenvalue weighted by Gasteiger charge is 2.30. The summed E-state index contributed by atoms with van der Waals surface area (Å²) in [5.74, 6) is -0.466. The average molecular weight is 286 g/mol. The smallest absolute Gasteiger partial charge is 0.288 e. The zero-order chi connectivity index (χ0) is 14.0. The minimum atomic E-state index is -4.42. The van der Waals surface area contributed by atoms with Crippen LogP contribution in [-0.4, -0.2) is 10.8 Å². The lowest BCUT2D eigenvalue weighted by molar-refractivity contribution is -0.137. The molecule has 19 heavy (non-hydrogen) atoms. The van der Waals surface area contributed by atoms with Crippen LogP contribution in [0.3, 0.4) is 0 Å². The van der Waals surface area contributed by atoms with Crippen LogP contribution in [0.25, 0.3) is 0 Å². The van der Waals surface area contributed by atoms with Crippen LogP contribution in [0, 0.1) is 0 Å². The van der Waals surface area contributed by atoms with Crippen LogP contribution in [0.1, 0.15) is 21.5 Å². The molecule has 0 unspecified atom stereocenters. The second-order valence-corrected chi connectivity index (χ2v) is 4.10. The van der Waals surface area contributed by atoms with Gasteiger partial charge >= 0.3 is 6.18 Å². The van der Waals surface area contributed by atoms with Crippen molar-refractivity contribution in [2.75, 3.05) is 0 Å². The van der Waals surface area contributed by atoms with Crippen LogP contribution in [0.4, 0.5) is 13.2 Å². The Morgan fingerprint density at radius 2 is 1.74 bits per heavy atom. The van der Waals surface area contributed by atoms with Crippen molar-refractivity contribution >= 4 is 17.4 Å². The molecule has 0 atom stereocenters. The quantitative estimate of drug-likeness (QED) is 0.617. The fourth-order valence-corrected chi connectivity index (χ4v) is 1.73. The van der Waals surface area contributed by atoms with Crippen molar-refractivity contribution in [1.29, 1.82) is 0 Å². The molecule has 1 aromatic carbocycles. The molecule has 0 spiro atoms. The van der Waals surface area contributed by atoms with E-state index in [0.29, 0.717) is 0 Å². The Bertz CT molecular complexity index is 608. The predicted octanol–water partition coefficient (Wildman–Crippen LogP) is 3.98. The van der Waals surface area contributed by atoms with Crippen LogP contribution >= 0.6 is 11.6 Å². The first kappa shape index (κ1) is 13.5. The van der Waals surface area contributed by atoms with Gasteiger partial charge in [-0.3, -0.25) is 4.79 Å². The van der Waals surface area contributed by atoms with Gasteiger partial charge in [0, 0.05) is 11.8 Å². The number of carbonyl (C=O) groups is 1. The molecule has 0 aliphatic carbocycles. The van der Waals surface area contributed by atoms with Gasteiger partial charge in [-0.05, 0) is 24.3 Å². The fraction of sp³-hybridized carbons (Fsp3) is 0.0769. The van der Waals surface area contributed by atoms with E-state index < -0.39 is 17.5 Å². The summed E-state index contributed by atoms with van der Waals surface area (Å²) in [7, 11) is 0. The summed E-state index contributed by atoms with van der Waals surface area (Å²) in [6, 6.07) is 6.95. The molecule has 2 aromatic rings. The minimum absolute atomic E-state index is 0.0207. The van der Waals surface area contributed by atoms with E-state index in [2.05, 4.69) is 4.98 Å². The summed E-state index contributed by atoms with van der Waals surface area (Å²) in [6.07, 6.45) is -3.00. The van der Waals surface area contributed by atoms with Gasteiger partial charge in [-0.25, -0.2) is 4.98 Å². The molecule has 0 aliphatic heterocycles. The van der Waals surface area contributed by atoms with Crippen LogP contribution in [0.5, 0.6) is 0 Å². The Labute approximate surface area is 111 Å². The van der Waals surface area contributed by atoms with Gasteiger partial charge in [0.15, 0.2) is 5.78 Å². The van der Waals surface area contributed by atoms with Gasteiger partial charge in [-0.15, -0.1) is 0 Å². The summed E-state index contributed by atoms with van der Waals surface area (Å²) in [6.45, 7) is 0. The van der Waals surface area contributed by atoms with Crippen molar-refractivity contribution < 1.29 is 18.0 Å². The van der Waals surface area contributed by atoms with Gasteiger partial charge in [-0.2, -0.15) is 13.2 Å². The van der Waals surface area contributed by atoms with E-state index in [-0.39, 0.29) is 16.3 Å². The maximum atomic E-state index is 12.4. The molecule has 2 nitrogen and oxygen atoms in total. The van der Waals surface area contributed by atoms with Crippen LogP contribution in [0.2, 0.25) is 5.15 Å². The van der Waals surface area contributed by atoms with E-state index in [0.717, 1.165) is 24.3 Å². The van der Waals surface area contributed by atoms with E-state index in [4.69, 9.17) is 11.6 Å². The number of benzene rings is 1. The van der Waals surface area contributed by atoms with Gasteiger partial charge in [0.2, 0.25) is 0 Å². The summed E-state index contributed by atoms with van der Waals surface area (Å²) < 4.78 is 37.2. The predicted molar refractivity (Wildman–Crippen MR) is 64.1 cm³/mol. The van der Waals surface area contributed by atoms with Crippen molar-refractivity contribution in [2.24, 2.45) is 0 Å². The highest BCUT2D eigenvalue weighted by molar-refractivity contribution is 6.33. The molecule has 0 fully saturated rings. The summed E-state index contributed by atoms with van der Waals surface area (Å²) in [4.78, 5) is 15.8. The average Bonchev–Trinajstić information content (AvgIpc) is 2.38. The lowest BCUT2D eigenvalue weighted by atomic mass is 10.0. The molecule has 98 valence electrons. The third-order valence-electron chi connectivity index (χ3n) is 2.48. The molecule has 6 heteroatoms. The Balaban J connectivity index is 2.34. The van der Waals surface area contributed by atoms with E-state index >= 15 is 0 Å². The molecule has 1 heterocycles. The van der Waals surface area contributed by atoms with Crippen LogP contribution in [0.15, 0.2) is 42.6 Å². The zero-order valence-electron chi connectivity index (χ0n) is 9.41. The van der Waals surface area contributed by atoms with E-state index in [1.165, 1.54) is 18.3 Å². The molecular formula is C13H7ClF3NO. The second kappa shape index (κ2) is 5.01. The Morgan fingerprint density at radius 1 is 1.11 bits per heavy atom. The number of nitrogens with zero attached hydrogens (tertiary/aromatic N) is 1. The topological polar surface area (TPSA) is 30.0 Å². The molecule has 0 aliphatic rings. The third kappa shape index (κ3) is 2.93. The Kier molecular flexibility index (Phi) is 3.57. The Hall–Kier alpha value is -1.88. The number of aromatic nitrogens is 1. The van der Waals surface area contributed by atoms with Gasteiger partial charge in [0.1, 0.15) is 5.15 Å². The summed E-state index contributed by atoms with van der Waals surface area (Å²) in [5.41, 5.74) is -0.520. The van der Waals surface area contributed by atoms with E-state index in [9.17, 15) is 18.0 Å². The number of hydrogen-bond donors (Lipinski definition) is 0. The maximum Gasteiger partial charge on any atom is 0.416 e. The normalized spacial score (nSPS) is 11.4. The summed E-state index contributed by atoms with van der Waals surface area (Å²) in [5, 5.41) is 0.0207. The van der Waals surface area contributed by atoms with Gasteiger partial charge in [0.05, 0.1) is 11.1 Å². The second-order valence-electron chi connectivity index (χ2n) is 3.75. The van der Waals surface area contributed by atoms with Crippen molar-refractivity contribution in [1.82, 2.24) is 4.98 Å². The number of rotatable bonds is 2. The molecule has 0 saturated carbocycles. The van der Waals surface area contributed by atoms with Gasteiger partial charge in [-0.1, -0.05) is 23.7 Å². The first-order valence-corrected chi connectivity index (χ1v) is 5.60. The van der Waals surface area contributed by atoms with Crippen molar-refractivity contribution in [3.8, 4) is 0 Å². The minimum Gasteiger partial charge on any atom is -0.288 e. The molecular weight excluding hydrogens is 279 g/mol. The van der Waals surface area contributed by atoms with Crippen LogP contribution < -0.4 is 0 Å². The van der Waals surface area contributed by atoms with E-state index in [1.807, 2.05) is 0 Å². The third-order valence-corrected chi connectivity index (χ3v) is 2.78. The number of hydrogen-bond acceptors (Lipinski definition) is 2. The van der Waals surface area contributed by atoms with Crippen molar-refractivity contribution in [3.63, 3.8) is 0 Å². The first-order valence-electron chi connectivity index (χ1n) is 5.22. The monoisotopic (exact) mass is 285 g/mol. The molecule has 0 radical (unpaired) electrons. The molecule has 0 amide bonds. The lowest BCUT2D eigenvalue weighted by Gasteiger charge is -2.07. The molecule has 0 saturated heterocycles. The maximum absolute atomic E-state index is 12.4. The first-order chi connectivity index (χ1) is 8.89. The van der Waals surface area contributed by atoms with E-state index in [1.54, 1.807) is 0 Å². The van der Waals surface area contributed by atoms with Gasteiger partial charge < -0.3 is 0 Å². The largest absolute Gasteiger partial charge is 0.416 e. The number of ketones is 1. The highest BCUT2D eigenvalue weighted by Crippen LogP contribution is 2.29. The number of alkyl halides is 3. The molecule has 2 rings (SSSR count). The standard InChI is InChI=1S/C13H7ClF3NO/c14-12-10(2-1-7-18-12)11(19)8-3-5-9(6-4-8)13(15,16)17/h1-7H. The Morgan fingerprint density at radius 3 is 2.26 bits per heavy atom. The fourth-order valence-electron chi connectivity index (χ4n) is 1.52. The number of carbonyl (C=O) groups excluding carboxylic acids is 1. The number of pyridine rings is 1. The van der Waals surface area contributed by atoms with Gasteiger partial charge in [0.25, 0.3) is 0 Å². The zero-order valence-corrected chi connectivity index (χ0v) is 10.2. The molecule has 0 N–H and O–H groups in total. The lowest BCUT2D eigenvalue weighted by Crippen LogP contribution is -2.07.